The van der Waals surface area contributed by atoms with Crippen molar-refractivity contribution in [3.8, 4) is 11.4 Å². The van der Waals surface area contributed by atoms with Crippen LogP contribution in [0.3, 0.4) is 0 Å². The molecule has 3 aromatic rings. The second kappa shape index (κ2) is 9.59. The van der Waals surface area contributed by atoms with E-state index in [1.165, 1.54) is 12.1 Å². The van der Waals surface area contributed by atoms with Crippen LogP contribution in [0, 0.1) is 5.82 Å². The molecule has 0 radical (unpaired) electrons. The van der Waals surface area contributed by atoms with E-state index in [9.17, 15) is 9.18 Å². The summed E-state index contributed by atoms with van der Waals surface area (Å²) in [6.45, 7) is 4.78. The number of aromatic nitrogens is 2. The lowest BCUT2D eigenvalue weighted by molar-refractivity contribution is 0.414. The first-order valence-electron chi connectivity index (χ1n) is 10.3. The van der Waals surface area contributed by atoms with Crippen molar-refractivity contribution >= 4 is 0 Å². The van der Waals surface area contributed by atoms with E-state index in [1.54, 1.807) is 23.8 Å². The molecule has 0 bridgehead atoms. The van der Waals surface area contributed by atoms with Crippen LogP contribution in [0.25, 0.3) is 5.69 Å². The fourth-order valence-electron chi connectivity index (χ4n) is 3.69. The van der Waals surface area contributed by atoms with Crippen molar-refractivity contribution in [1.29, 1.82) is 0 Å². The van der Waals surface area contributed by atoms with Gasteiger partial charge in [0.25, 0.3) is 0 Å². The summed E-state index contributed by atoms with van der Waals surface area (Å²) in [5.74, 6) is 0.491. The lowest BCUT2D eigenvalue weighted by Crippen LogP contribution is -2.25. The number of halogens is 1. The maximum absolute atomic E-state index is 13.5. The van der Waals surface area contributed by atoms with Gasteiger partial charge >= 0.3 is 5.69 Å². The monoisotopic (exact) mass is 396 g/mol. The standard InChI is InChI=1S/C24H29FN2O2/c1-4-6-8-23-22(7-5-2)26(17-18-9-15-21(29-3)16-10-18)24(28)27(23)20-13-11-19(25)12-14-20/h9-16H,4-8,17H2,1-3H3. The first-order valence-corrected chi connectivity index (χ1v) is 10.3. The summed E-state index contributed by atoms with van der Waals surface area (Å²) < 4.78 is 22.3. The zero-order valence-corrected chi connectivity index (χ0v) is 17.5. The minimum absolute atomic E-state index is 0.0676. The first-order chi connectivity index (χ1) is 14.1. The van der Waals surface area contributed by atoms with Crippen molar-refractivity contribution in [2.24, 2.45) is 0 Å². The molecule has 5 heteroatoms. The predicted molar refractivity (Wildman–Crippen MR) is 115 cm³/mol. The minimum Gasteiger partial charge on any atom is -0.497 e. The molecule has 0 saturated heterocycles. The molecule has 0 aliphatic carbocycles. The third kappa shape index (κ3) is 4.61. The normalized spacial score (nSPS) is 11.0. The van der Waals surface area contributed by atoms with E-state index in [0.29, 0.717) is 12.2 Å². The second-order valence-corrected chi connectivity index (χ2v) is 7.28. The average molecular weight is 397 g/mol. The van der Waals surface area contributed by atoms with Gasteiger partial charge in [-0.3, -0.25) is 9.13 Å². The maximum atomic E-state index is 13.5. The molecule has 2 aromatic carbocycles. The van der Waals surface area contributed by atoms with Crippen LogP contribution in [0.1, 0.15) is 50.1 Å². The highest BCUT2D eigenvalue weighted by atomic mass is 19.1. The van der Waals surface area contributed by atoms with E-state index in [1.807, 2.05) is 28.8 Å². The average Bonchev–Trinajstić information content (AvgIpc) is 2.99. The van der Waals surface area contributed by atoms with Gasteiger partial charge in [0, 0.05) is 11.4 Å². The highest BCUT2D eigenvalue weighted by molar-refractivity contribution is 5.37. The zero-order valence-electron chi connectivity index (χ0n) is 17.5. The molecule has 1 heterocycles. The third-order valence-corrected chi connectivity index (χ3v) is 5.19. The molecule has 1 aromatic heterocycles. The molecular weight excluding hydrogens is 367 g/mol. The number of nitrogens with zero attached hydrogens (tertiary/aromatic N) is 2. The van der Waals surface area contributed by atoms with Crippen LogP contribution >= 0.6 is 0 Å². The minimum atomic E-state index is -0.302. The summed E-state index contributed by atoms with van der Waals surface area (Å²) in [5, 5.41) is 0. The Bertz CT molecular complexity index is 985. The van der Waals surface area contributed by atoms with Gasteiger partial charge in [-0.2, -0.15) is 0 Å². The van der Waals surface area contributed by atoms with Crippen LogP contribution in [0.2, 0.25) is 0 Å². The highest BCUT2D eigenvalue weighted by Gasteiger charge is 2.20. The van der Waals surface area contributed by atoms with E-state index in [-0.39, 0.29) is 11.5 Å². The van der Waals surface area contributed by atoms with Crippen molar-refractivity contribution < 1.29 is 9.13 Å². The lowest BCUT2D eigenvalue weighted by atomic mass is 10.1. The van der Waals surface area contributed by atoms with Crippen LogP contribution in [0.4, 0.5) is 4.39 Å². The Morgan fingerprint density at radius 3 is 2.17 bits per heavy atom. The molecule has 0 aliphatic rings. The molecule has 154 valence electrons. The molecule has 0 saturated carbocycles. The Balaban J connectivity index is 2.12. The summed E-state index contributed by atoms with van der Waals surface area (Å²) >= 11 is 0. The van der Waals surface area contributed by atoms with Crippen LogP contribution in [-0.4, -0.2) is 16.2 Å². The maximum Gasteiger partial charge on any atom is 0.333 e. The van der Waals surface area contributed by atoms with Gasteiger partial charge in [0.05, 0.1) is 19.3 Å². The topological polar surface area (TPSA) is 36.2 Å². The number of methoxy groups -OCH3 is 1. The summed E-state index contributed by atoms with van der Waals surface area (Å²) in [7, 11) is 1.64. The van der Waals surface area contributed by atoms with Gasteiger partial charge in [-0.1, -0.05) is 38.8 Å². The van der Waals surface area contributed by atoms with E-state index >= 15 is 0 Å². The molecule has 0 aliphatic heterocycles. The van der Waals surface area contributed by atoms with Gasteiger partial charge in [-0.05, 0) is 61.2 Å². The number of rotatable bonds is 9. The summed E-state index contributed by atoms with van der Waals surface area (Å²) in [6.07, 6.45) is 4.66. The van der Waals surface area contributed by atoms with E-state index in [0.717, 1.165) is 54.8 Å². The third-order valence-electron chi connectivity index (χ3n) is 5.19. The van der Waals surface area contributed by atoms with Crippen LogP contribution in [-0.2, 0) is 19.4 Å². The van der Waals surface area contributed by atoms with E-state index in [4.69, 9.17) is 4.74 Å². The molecular formula is C24H29FN2O2. The van der Waals surface area contributed by atoms with E-state index in [2.05, 4.69) is 13.8 Å². The number of benzene rings is 2. The quantitative estimate of drug-likeness (QED) is 0.503. The molecule has 0 fully saturated rings. The largest absolute Gasteiger partial charge is 0.497 e. The lowest BCUT2D eigenvalue weighted by Gasteiger charge is -2.10. The van der Waals surface area contributed by atoms with Crippen molar-refractivity contribution in [2.75, 3.05) is 7.11 Å². The molecule has 29 heavy (non-hydrogen) atoms. The molecule has 0 N–H and O–H groups in total. The molecule has 4 nitrogen and oxygen atoms in total. The van der Waals surface area contributed by atoms with Gasteiger partial charge in [0.2, 0.25) is 0 Å². The van der Waals surface area contributed by atoms with Gasteiger partial charge in [-0.25, -0.2) is 9.18 Å². The number of hydrogen-bond donors (Lipinski definition) is 0. The summed E-state index contributed by atoms with van der Waals surface area (Å²) in [5.41, 5.74) is 3.81. The fourth-order valence-corrected chi connectivity index (χ4v) is 3.69. The van der Waals surface area contributed by atoms with Crippen LogP contribution < -0.4 is 10.4 Å². The van der Waals surface area contributed by atoms with Crippen molar-refractivity contribution in [1.82, 2.24) is 9.13 Å². The molecule has 0 spiro atoms. The predicted octanol–water partition coefficient (Wildman–Crippen LogP) is 5.13. The Morgan fingerprint density at radius 1 is 0.897 bits per heavy atom. The van der Waals surface area contributed by atoms with Crippen molar-refractivity contribution in [2.45, 2.75) is 52.5 Å². The van der Waals surface area contributed by atoms with Gasteiger partial charge in [0.1, 0.15) is 11.6 Å². The highest BCUT2D eigenvalue weighted by Crippen LogP contribution is 2.21. The number of imidazole rings is 1. The SMILES string of the molecule is CCCCc1c(CCC)n(Cc2ccc(OC)cc2)c(=O)n1-c1ccc(F)cc1. The molecule has 0 atom stereocenters. The Hall–Kier alpha value is -2.82. The molecule has 0 amide bonds. The molecule has 3 rings (SSSR count). The smallest absolute Gasteiger partial charge is 0.333 e. The Morgan fingerprint density at radius 2 is 1.59 bits per heavy atom. The fraction of sp³-hybridized carbons (Fsp3) is 0.375. The van der Waals surface area contributed by atoms with Gasteiger partial charge in [-0.15, -0.1) is 0 Å². The number of ether oxygens (including phenoxy) is 1. The summed E-state index contributed by atoms with van der Waals surface area (Å²) in [4.78, 5) is 13.5. The van der Waals surface area contributed by atoms with Crippen LogP contribution in [0.15, 0.2) is 53.3 Å². The summed E-state index contributed by atoms with van der Waals surface area (Å²) in [6, 6.07) is 14.0. The molecule has 0 unspecified atom stereocenters. The van der Waals surface area contributed by atoms with Gasteiger partial charge in [0.15, 0.2) is 0 Å². The van der Waals surface area contributed by atoms with Crippen molar-refractivity contribution in [3.05, 3.63) is 81.8 Å². The van der Waals surface area contributed by atoms with Crippen LogP contribution in [0.5, 0.6) is 5.75 Å². The van der Waals surface area contributed by atoms with Gasteiger partial charge < -0.3 is 4.74 Å². The second-order valence-electron chi connectivity index (χ2n) is 7.28. The van der Waals surface area contributed by atoms with Crippen molar-refractivity contribution in [3.63, 3.8) is 0 Å². The Kier molecular flexibility index (Phi) is 6.91. The number of unbranched alkanes of at least 4 members (excludes halogenated alkanes) is 1. The Labute approximate surface area is 171 Å². The first kappa shape index (κ1) is 20.9. The number of hydrogen-bond acceptors (Lipinski definition) is 2. The van der Waals surface area contributed by atoms with E-state index < -0.39 is 0 Å². The zero-order chi connectivity index (χ0) is 20.8.